The number of nitrogens with two attached hydrogens (primary N) is 1. The average molecular weight is 415 g/mol. The summed E-state index contributed by atoms with van der Waals surface area (Å²) in [4.78, 5) is 25.7. The van der Waals surface area contributed by atoms with Crippen molar-refractivity contribution in [2.75, 3.05) is 37.8 Å². The van der Waals surface area contributed by atoms with Crippen molar-refractivity contribution in [2.24, 2.45) is 16.0 Å². The highest BCUT2D eigenvalue weighted by Crippen LogP contribution is 2.21. The van der Waals surface area contributed by atoms with Crippen molar-refractivity contribution in [3.8, 4) is 0 Å². The van der Waals surface area contributed by atoms with Gasteiger partial charge < -0.3 is 21.3 Å². The van der Waals surface area contributed by atoms with Gasteiger partial charge in [0, 0.05) is 44.2 Å². The van der Waals surface area contributed by atoms with Gasteiger partial charge in [-0.25, -0.2) is 0 Å². The predicted octanol–water partition coefficient (Wildman–Crippen LogP) is 2.27. The Labute approximate surface area is 176 Å². The highest BCUT2D eigenvalue weighted by Gasteiger charge is 2.10. The van der Waals surface area contributed by atoms with Crippen LogP contribution < -0.4 is 21.3 Å². The highest BCUT2D eigenvalue weighted by molar-refractivity contribution is 7.80. The summed E-state index contributed by atoms with van der Waals surface area (Å²) in [5.41, 5.74) is 8.53. The van der Waals surface area contributed by atoms with Crippen molar-refractivity contribution >= 4 is 41.5 Å². The Balaban J connectivity index is 1.82. The number of anilines is 1. The molecule has 0 aliphatic rings. The summed E-state index contributed by atoms with van der Waals surface area (Å²) < 4.78 is 0. The minimum Gasteiger partial charge on any atom is -0.378 e. The Morgan fingerprint density at radius 3 is 2.00 bits per heavy atom. The van der Waals surface area contributed by atoms with Crippen LogP contribution in [0.5, 0.6) is 0 Å². The number of nitrogens with zero attached hydrogens (tertiary/aromatic N) is 3. The van der Waals surface area contributed by atoms with Gasteiger partial charge in [-0.2, -0.15) is 22.9 Å². The topological polar surface area (TPSA) is 112 Å². The number of amides is 2. The molecule has 0 bridgehead atoms. The minimum absolute atomic E-state index is 0.236. The predicted molar refractivity (Wildman–Crippen MR) is 119 cm³/mol. The zero-order valence-electron chi connectivity index (χ0n) is 16.5. The maximum Gasteiger partial charge on any atom is 0.251 e. The molecule has 0 heterocycles. The lowest BCUT2D eigenvalue weighted by atomic mass is 10.2. The van der Waals surface area contributed by atoms with E-state index in [9.17, 15) is 9.59 Å². The molecule has 4 N–H and O–H groups in total. The van der Waals surface area contributed by atoms with E-state index < -0.39 is 6.04 Å². The van der Waals surface area contributed by atoms with E-state index in [-0.39, 0.29) is 17.6 Å². The van der Waals surface area contributed by atoms with Crippen LogP contribution in [0, 0.1) is 0 Å². The van der Waals surface area contributed by atoms with Crippen molar-refractivity contribution in [1.82, 2.24) is 10.6 Å². The van der Waals surface area contributed by atoms with E-state index in [0.717, 1.165) is 11.4 Å². The lowest BCUT2D eigenvalue weighted by molar-refractivity contribution is -0.121. The van der Waals surface area contributed by atoms with Gasteiger partial charge in [0.25, 0.3) is 5.91 Å². The molecule has 2 aromatic carbocycles. The lowest BCUT2D eigenvalue weighted by Crippen LogP contribution is -2.44. The molecule has 29 heavy (non-hydrogen) atoms. The summed E-state index contributed by atoms with van der Waals surface area (Å²) in [7, 11) is 3.95. The molecule has 0 saturated carbocycles. The molecule has 0 aliphatic heterocycles. The third kappa shape index (κ3) is 7.20. The van der Waals surface area contributed by atoms with Gasteiger partial charge >= 0.3 is 0 Å². The Hall–Kier alpha value is -2.91. The average Bonchev–Trinajstić information content (AvgIpc) is 2.74. The molecule has 1 unspecified atom stereocenters. The second-order valence-corrected chi connectivity index (χ2v) is 6.86. The highest BCUT2D eigenvalue weighted by atomic mass is 32.1. The smallest absolute Gasteiger partial charge is 0.251 e. The van der Waals surface area contributed by atoms with Gasteiger partial charge in [0.1, 0.15) is 0 Å². The molecule has 9 heteroatoms. The molecule has 2 amide bonds. The van der Waals surface area contributed by atoms with Gasteiger partial charge in [0.15, 0.2) is 0 Å². The molecule has 1 atom stereocenters. The maximum atomic E-state index is 12.1. The third-order valence-corrected chi connectivity index (χ3v) is 4.41. The Morgan fingerprint density at radius 1 is 0.966 bits per heavy atom. The first-order valence-corrected chi connectivity index (χ1v) is 9.75. The van der Waals surface area contributed by atoms with Crippen LogP contribution >= 0.6 is 12.6 Å². The summed E-state index contributed by atoms with van der Waals surface area (Å²) in [5.74, 6) is -0.260. The zero-order valence-corrected chi connectivity index (χ0v) is 17.4. The second-order valence-electron chi connectivity index (χ2n) is 6.49. The van der Waals surface area contributed by atoms with Gasteiger partial charge in [0.05, 0.1) is 17.4 Å². The Kier molecular flexibility index (Phi) is 8.63. The van der Waals surface area contributed by atoms with Crippen molar-refractivity contribution in [1.29, 1.82) is 0 Å². The number of thiol groups is 1. The van der Waals surface area contributed by atoms with Gasteiger partial charge in [-0.15, -0.1) is 0 Å². The number of nitrogens with one attached hydrogen (secondary N) is 2. The fraction of sp³-hybridized carbons (Fsp3) is 0.300. The van der Waals surface area contributed by atoms with Gasteiger partial charge in [-0.05, 0) is 48.5 Å². The second kappa shape index (κ2) is 11.2. The standard InChI is InChI=1S/C20H26N6O2S/c1-26(2)17-9-7-16(8-10-17)25-24-15-5-3-14(4-6-15)19(27)22-11-12-23-20(28)18(21)13-29/h3-10,18,29H,11-13,21H2,1-2H3,(H,22,27)(H,23,28). The molecular formula is C20H26N6O2S. The normalized spacial score (nSPS) is 11.9. The minimum atomic E-state index is -0.651. The molecule has 0 saturated heterocycles. The summed E-state index contributed by atoms with van der Waals surface area (Å²) >= 11 is 3.96. The van der Waals surface area contributed by atoms with Gasteiger partial charge in [-0.3, -0.25) is 9.59 Å². The van der Waals surface area contributed by atoms with E-state index in [0.29, 0.717) is 24.3 Å². The molecule has 2 rings (SSSR count). The summed E-state index contributed by atoms with van der Waals surface area (Å²) in [6.07, 6.45) is 0. The molecule has 2 aromatic rings. The molecule has 0 aromatic heterocycles. The fourth-order valence-corrected chi connectivity index (χ4v) is 2.46. The van der Waals surface area contributed by atoms with E-state index in [1.165, 1.54) is 0 Å². The number of carbonyl (C=O) groups is 2. The first-order chi connectivity index (χ1) is 13.9. The number of rotatable bonds is 9. The number of benzene rings is 2. The molecule has 0 radical (unpaired) electrons. The third-order valence-electron chi connectivity index (χ3n) is 4.02. The molecule has 0 spiro atoms. The van der Waals surface area contributed by atoms with E-state index in [2.05, 4.69) is 33.5 Å². The SMILES string of the molecule is CN(C)c1ccc(N=Nc2ccc(C(=O)NCCNC(=O)C(N)CS)cc2)cc1. The fourth-order valence-electron chi connectivity index (χ4n) is 2.29. The van der Waals surface area contributed by atoms with Crippen molar-refractivity contribution in [2.45, 2.75) is 6.04 Å². The largest absolute Gasteiger partial charge is 0.378 e. The monoisotopic (exact) mass is 414 g/mol. The first kappa shape index (κ1) is 22.4. The number of hydrogen-bond acceptors (Lipinski definition) is 7. The summed E-state index contributed by atoms with van der Waals surface area (Å²) in [6, 6.07) is 13.9. The Bertz CT molecular complexity index is 837. The van der Waals surface area contributed by atoms with Crippen LogP contribution in [0.1, 0.15) is 10.4 Å². The van der Waals surface area contributed by atoms with Crippen LogP contribution in [0.25, 0.3) is 0 Å². The van der Waals surface area contributed by atoms with Crippen molar-refractivity contribution in [3.63, 3.8) is 0 Å². The van der Waals surface area contributed by atoms with E-state index >= 15 is 0 Å². The Morgan fingerprint density at radius 2 is 1.48 bits per heavy atom. The van der Waals surface area contributed by atoms with Crippen molar-refractivity contribution < 1.29 is 9.59 Å². The molecule has 154 valence electrons. The number of hydrogen-bond donors (Lipinski definition) is 4. The van der Waals surface area contributed by atoms with Crippen LogP contribution in [-0.2, 0) is 4.79 Å². The van der Waals surface area contributed by atoms with Gasteiger partial charge in [0.2, 0.25) is 5.91 Å². The maximum absolute atomic E-state index is 12.1. The molecule has 0 fully saturated rings. The molecule has 8 nitrogen and oxygen atoms in total. The van der Waals surface area contributed by atoms with E-state index in [4.69, 9.17) is 5.73 Å². The van der Waals surface area contributed by atoms with Crippen LogP contribution in [0.15, 0.2) is 58.8 Å². The van der Waals surface area contributed by atoms with Crippen LogP contribution in [0.3, 0.4) is 0 Å². The summed E-state index contributed by atoms with van der Waals surface area (Å²) in [6.45, 7) is 0.596. The van der Waals surface area contributed by atoms with Gasteiger partial charge in [-0.1, -0.05) is 0 Å². The quantitative estimate of drug-likeness (QED) is 0.286. The van der Waals surface area contributed by atoms with E-state index in [1.807, 2.05) is 43.3 Å². The molecule has 0 aliphatic carbocycles. The number of azo groups is 1. The zero-order chi connectivity index (χ0) is 21.2. The van der Waals surface area contributed by atoms with Crippen LogP contribution in [0.4, 0.5) is 17.1 Å². The molecular weight excluding hydrogens is 388 g/mol. The number of carbonyl (C=O) groups excluding carboxylic acids is 2. The van der Waals surface area contributed by atoms with Crippen molar-refractivity contribution in [3.05, 3.63) is 54.1 Å². The summed E-state index contributed by atoms with van der Waals surface area (Å²) in [5, 5.41) is 13.7. The lowest BCUT2D eigenvalue weighted by Gasteiger charge is -2.11. The first-order valence-electron chi connectivity index (χ1n) is 9.12. The van der Waals surface area contributed by atoms with E-state index in [1.54, 1.807) is 24.3 Å². The van der Waals surface area contributed by atoms with Crippen LogP contribution in [0.2, 0.25) is 0 Å². The van der Waals surface area contributed by atoms with Crippen LogP contribution in [-0.4, -0.2) is 50.8 Å².